The van der Waals surface area contributed by atoms with E-state index >= 15 is 0 Å². The van der Waals surface area contributed by atoms with Crippen LogP contribution in [0.5, 0.6) is 11.5 Å². The highest BCUT2D eigenvalue weighted by molar-refractivity contribution is 5.95. The molecule has 5 rings (SSSR count). The molecule has 0 N–H and O–H groups in total. The van der Waals surface area contributed by atoms with E-state index in [4.69, 9.17) is 9.47 Å². The Morgan fingerprint density at radius 1 is 1.12 bits per heavy atom. The number of benzene rings is 1. The highest BCUT2D eigenvalue weighted by atomic mass is 19.4. The van der Waals surface area contributed by atoms with E-state index in [1.54, 1.807) is 29.2 Å². The molecule has 2 aromatic heterocycles. The molecule has 1 unspecified atom stereocenters. The minimum atomic E-state index is -4.54. The molecule has 0 saturated carbocycles. The van der Waals surface area contributed by atoms with Crippen LogP contribution in [0, 0.1) is 6.92 Å². The maximum absolute atomic E-state index is 13.5. The molecule has 32 heavy (non-hydrogen) atoms. The van der Waals surface area contributed by atoms with Gasteiger partial charge < -0.3 is 14.4 Å². The monoisotopic (exact) mass is 446 g/mol. The Kier molecular flexibility index (Phi) is 4.94. The molecular weight excluding hydrogens is 425 g/mol. The van der Waals surface area contributed by atoms with E-state index in [0.29, 0.717) is 49.1 Å². The zero-order chi connectivity index (χ0) is 22.5. The van der Waals surface area contributed by atoms with Crippen LogP contribution in [-0.4, -0.2) is 51.7 Å². The molecule has 0 bridgehead atoms. The van der Waals surface area contributed by atoms with E-state index in [2.05, 4.69) is 10.1 Å². The van der Waals surface area contributed by atoms with Crippen molar-refractivity contribution >= 4 is 11.6 Å². The summed E-state index contributed by atoms with van der Waals surface area (Å²) in [5, 5.41) is 4.23. The smallest absolute Gasteiger partial charge is 0.433 e. The number of hydrogen-bond acceptors (Lipinski definition) is 5. The van der Waals surface area contributed by atoms with Gasteiger partial charge in [0.25, 0.3) is 5.91 Å². The second kappa shape index (κ2) is 7.68. The molecule has 2 aliphatic heterocycles. The molecule has 1 saturated heterocycles. The summed E-state index contributed by atoms with van der Waals surface area (Å²) in [6.45, 7) is 3.37. The van der Waals surface area contributed by atoms with Crippen molar-refractivity contribution in [2.45, 2.75) is 31.9 Å². The van der Waals surface area contributed by atoms with E-state index in [0.717, 1.165) is 23.4 Å². The largest absolute Gasteiger partial charge is 0.486 e. The molecule has 2 aliphatic rings. The molecule has 1 aromatic carbocycles. The molecule has 10 heteroatoms. The van der Waals surface area contributed by atoms with Crippen molar-refractivity contribution in [3.05, 3.63) is 53.0 Å². The number of halogens is 3. The summed E-state index contributed by atoms with van der Waals surface area (Å²) in [4.78, 5) is 19.0. The Balaban J connectivity index is 1.40. The van der Waals surface area contributed by atoms with Gasteiger partial charge in [-0.25, -0.2) is 9.50 Å². The number of carbonyl (C=O) groups is 1. The first-order chi connectivity index (χ1) is 15.3. The average Bonchev–Trinajstić information content (AvgIpc) is 3.21. The van der Waals surface area contributed by atoms with Crippen molar-refractivity contribution in [1.29, 1.82) is 0 Å². The van der Waals surface area contributed by atoms with Gasteiger partial charge in [-0.05, 0) is 44.0 Å². The number of aromatic nitrogens is 3. The third-order valence-corrected chi connectivity index (χ3v) is 5.78. The second-order valence-electron chi connectivity index (χ2n) is 8.07. The van der Waals surface area contributed by atoms with Crippen LogP contribution in [0.15, 0.2) is 30.3 Å². The number of likely N-dealkylation sites (tertiary alicyclic amines) is 1. The Bertz CT molecular complexity index is 1190. The van der Waals surface area contributed by atoms with Gasteiger partial charge in [-0.2, -0.15) is 18.3 Å². The minimum absolute atomic E-state index is 0.152. The van der Waals surface area contributed by atoms with E-state index < -0.39 is 11.9 Å². The zero-order valence-electron chi connectivity index (χ0n) is 17.4. The molecule has 0 aliphatic carbocycles. The molecule has 7 nitrogen and oxygen atoms in total. The summed E-state index contributed by atoms with van der Waals surface area (Å²) in [7, 11) is 0. The van der Waals surface area contributed by atoms with Crippen LogP contribution in [-0.2, 0) is 6.18 Å². The van der Waals surface area contributed by atoms with Crippen LogP contribution in [0.4, 0.5) is 13.2 Å². The minimum Gasteiger partial charge on any atom is -0.486 e. The van der Waals surface area contributed by atoms with E-state index in [9.17, 15) is 18.0 Å². The molecule has 4 heterocycles. The molecule has 0 radical (unpaired) electrons. The molecule has 168 valence electrons. The van der Waals surface area contributed by atoms with Gasteiger partial charge in [0.1, 0.15) is 18.9 Å². The van der Waals surface area contributed by atoms with Crippen molar-refractivity contribution in [2.75, 3.05) is 26.3 Å². The number of nitrogens with zero attached hydrogens (tertiary/aromatic N) is 4. The van der Waals surface area contributed by atoms with E-state index in [1.807, 2.05) is 0 Å². The normalized spacial score (nSPS) is 18.8. The molecule has 1 fully saturated rings. The predicted octanol–water partition coefficient (Wildman–Crippen LogP) is 3.85. The van der Waals surface area contributed by atoms with Gasteiger partial charge in [-0.15, -0.1) is 0 Å². The number of alkyl halides is 3. The maximum Gasteiger partial charge on any atom is 0.433 e. The number of ether oxygens (including phenoxy) is 2. The summed E-state index contributed by atoms with van der Waals surface area (Å²) in [5.41, 5.74) is 0.569. The molecule has 3 aromatic rings. The number of piperidine rings is 1. The second-order valence-corrected chi connectivity index (χ2v) is 8.07. The first-order valence-corrected chi connectivity index (χ1v) is 10.4. The Morgan fingerprint density at radius 2 is 1.91 bits per heavy atom. The number of fused-ring (bicyclic) bond motifs is 2. The summed E-state index contributed by atoms with van der Waals surface area (Å²) in [5.74, 6) is 0.822. The number of amides is 1. The predicted molar refractivity (Wildman–Crippen MR) is 108 cm³/mol. The van der Waals surface area contributed by atoms with Gasteiger partial charge in [0, 0.05) is 36.3 Å². The topological polar surface area (TPSA) is 69.0 Å². The number of aryl methyl sites for hydroxylation is 1. The fraction of sp³-hybridized carbons (Fsp3) is 0.409. The number of rotatable bonds is 2. The van der Waals surface area contributed by atoms with Crippen molar-refractivity contribution in [3.63, 3.8) is 0 Å². The number of carbonyl (C=O) groups excluding carboxylic acids is 1. The van der Waals surface area contributed by atoms with Crippen LogP contribution in [0.1, 0.15) is 46.2 Å². The Labute approximate surface area is 181 Å². The lowest BCUT2D eigenvalue weighted by atomic mass is 9.94. The Morgan fingerprint density at radius 3 is 2.69 bits per heavy atom. The SMILES string of the molecule is Cc1cc(C(F)(F)F)n2nc(C3CCCN(C(=O)c4ccc5c(c4)OCCO5)C3)cc2n1. The van der Waals surface area contributed by atoms with Gasteiger partial charge in [0.2, 0.25) is 0 Å². The van der Waals surface area contributed by atoms with Gasteiger partial charge in [-0.1, -0.05) is 0 Å². The third-order valence-electron chi connectivity index (χ3n) is 5.78. The number of hydrogen-bond donors (Lipinski definition) is 0. The summed E-state index contributed by atoms with van der Waals surface area (Å²) in [6, 6.07) is 7.67. The van der Waals surface area contributed by atoms with Crippen LogP contribution in [0.3, 0.4) is 0 Å². The van der Waals surface area contributed by atoms with Crippen LogP contribution in [0.2, 0.25) is 0 Å². The fourth-order valence-electron chi connectivity index (χ4n) is 4.28. The van der Waals surface area contributed by atoms with Crippen molar-refractivity contribution in [2.24, 2.45) is 0 Å². The van der Waals surface area contributed by atoms with Gasteiger partial charge in [0.15, 0.2) is 17.1 Å². The molecule has 0 spiro atoms. The summed E-state index contributed by atoms with van der Waals surface area (Å²) in [6.07, 6.45) is -3.08. The van der Waals surface area contributed by atoms with Gasteiger partial charge in [0.05, 0.1) is 5.69 Å². The lowest BCUT2D eigenvalue weighted by Gasteiger charge is -2.32. The first kappa shape index (κ1) is 20.6. The fourth-order valence-corrected chi connectivity index (χ4v) is 4.28. The molecular formula is C22H21F3N4O3. The summed E-state index contributed by atoms with van der Waals surface area (Å²) < 4.78 is 52.3. The molecule has 1 atom stereocenters. The van der Waals surface area contributed by atoms with Crippen molar-refractivity contribution in [3.8, 4) is 11.5 Å². The summed E-state index contributed by atoms with van der Waals surface area (Å²) >= 11 is 0. The highest BCUT2D eigenvalue weighted by Crippen LogP contribution is 2.34. The van der Waals surface area contributed by atoms with Gasteiger partial charge in [-0.3, -0.25) is 4.79 Å². The highest BCUT2D eigenvalue weighted by Gasteiger charge is 2.36. The zero-order valence-corrected chi connectivity index (χ0v) is 17.4. The maximum atomic E-state index is 13.5. The van der Waals surface area contributed by atoms with Gasteiger partial charge >= 0.3 is 6.18 Å². The third kappa shape index (κ3) is 3.74. The Hall–Kier alpha value is -3.30. The lowest BCUT2D eigenvalue weighted by molar-refractivity contribution is -0.142. The van der Waals surface area contributed by atoms with Crippen LogP contribution >= 0.6 is 0 Å². The van der Waals surface area contributed by atoms with E-state index in [1.165, 1.54) is 6.92 Å². The average molecular weight is 446 g/mol. The standard InChI is InChI=1S/C22H21F3N4O3/c1-13-9-19(22(23,24)25)29-20(26-13)11-16(27-29)15-3-2-6-28(12-15)21(30)14-4-5-17-18(10-14)32-8-7-31-17/h4-5,9-11,15H,2-3,6-8,12H2,1H3. The quantitative estimate of drug-likeness (QED) is 0.598. The van der Waals surface area contributed by atoms with E-state index in [-0.39, 0.29) is 23.2 Å². The molecule has 1 amide bonds. The lowest BCUT2D eigenvalue weighted by Crippen LogP contribution is -2.39. The van der Waals surface area contributed by atoms with Crippen molar-refractivity contribution < 1.29 is 27.4 Å². The van der Waals surface area contributed by atoms with Crippen molar-refractivity contribution in [1.82, 2.24) is 19.5 Å². The van der Waals surface area contributed by atoms with Crippen LogP contribution in [0.25, 0.3) is 5.65 Å². The van der Waals surface area contributed by atoms with Crippen LogP contribution < -0.4 is 9.47 Å². The first-order valence-electron chi connectivity index (χ1n) is 10.4.